The molecule has 0 unspecified atom stereocenters. The Labute approximate surface area is 182 Å². The molecule has 7 heteroatoms. The molecule has 1 aliphatic rings. The average Bonchev–Trinajstić information content (AvgIpc) is 2.79. The van der Waals surface area contributed by atoms with Crippen molar-refractivity contribution < 1.29 is 23.5 Å². The van der Waals surface area contributed by atoms with E-state index in [1.54, 1.807) is 35.2 Å². The number of ether oxygens (including phenoxy) is 2. The molecule has 31 heavy (non-hydrogen) atoms. The van der Waals surface area contributed by atoms with Gasteiger partial charge in [-0.1, -0.05) is 12.1 Å². The van der Waals surface area contributed by atoms with E-state index in [4.69, 9.17) is 9.47 Å². The first-order valence-corrected chi connectivity index (χ1v) is 10.7. The van der Waals surface area contributed by atoms with Gasteiger partial charge in [-0.15, -0.1) is 0 Å². The van der Waals surface area contributed by atoms with Gasteiger partial charge in [0, 0.05) is 25.2 Å². The molecule has 0 bridgehead atoms. The third-order valence-electron chi connectivity index (χ3n) is 5.36. The Morgan fingerprint density at radius 1 is 1.03 bits per heavy atom. The number of benzene rings is 2. The summed E-state index contributed by atoms with van der Waals surface area (Å²) in [6, 6.07) is 11.2. The highest BCUT2D eigenvalue weighted by Crippen LogP contribution is 2.28. The second kappa shape index (κ2) is 10.8. The van der Waals surface area contributed by atoms with Gasteiger partial charge in [-0.05, 0) is 62.9 Å². The van der Waals surface area contributed by atoms with Crippen molar-refractivity contribution in [3.8, 4) is 11.5 Å². The number of nitrogens with one attached hydrogen (secondary N) is 1. The van der Waals surface area contributed by atoms with Gasteiger partial charge in [0.1, 0.15) is 5.82 Å². The van der Waals surface area contributed by atoms with Crippen LogP contribution in [0.2, 0.25) is 0 Å². The van der Waals surface area contributed by atoms with Gasteiger partial charge in [0.05, 0.1) is 18.8 Å². The van der Waals surface area contributed by atoms with E-state index in [0.29, 0.717) is 49.9 Å². The molecular weight excluding hydrogens is 399 g/mol. The second-order valence-corrected chi connectivity index (χ2v) is 7.45. The maximum atomic E-state index is 13.9. The van der Waals surface area contributed by atoms with Crippen LogP contribution in [0.5, 0.6) is 11.5 Å². The molecule has 3 rings (SSSR count). The van der Waals surface area contributed by atoms with Gasteiger partial charge >= 0.3 is 0 Å². The summed E-state index contributed by atoms with van der Waals surface area (Å²) < 4.78 is 25.0. The summed E-state index contributed by atoms with van der Waals surface area (Å²) in [5, 5.41) is 2.98. The maximum absolute atomic E-state index is 13.9. The van der Waals surface area contributed by atoms with Gasteiger partial charge in [-0.2, -0.15) is 0 Å². The third-order valence-corrected chi connectivity index (χ3v) is 5.36. The number of hydrogen-bond acceptors (Lipinski definition) is 4. The van der Waals surface area contributed by atoms with Crippen LogP contribution >= 0.6 is 0 Å². The third kappa shape index (κ3) is 5.75. The molecule has 0 radical (unpaired) electrons. The Morgan fingerprint density at radius 3 is 2.39 bits per heavy atom. The van der Waals surface area contributed by atoms with Crippen molar-refractivity contribution in [3.63, 3.8) is 0 Å². The van der Waals surface area contributed by atoms with Gasteiger partial charge in [0.15, 0.2) is 11.5 Å². The van der Waals surface area contributed by atoms with E-state index in [1.165, 1.54) is 12.1 Å². The van der Waals surface area contributed by atoms with Crippen LogP contribution in [0.3, 0.4) is 0 Å². The molecule has 2 aromatic rings. The first-order valence-electron chi connectivity index (χ1n) is 10.7. The molecule has 0 aromatic heterocycles. The molecule has 166 valence electrons. The summed E-state index contributed by atoms with van der Waals surface area (Å²) in [6.45, 7) is 6.39. The molecule has 0 atom stereocenters. The van der Waals surface area contributed by atoms with E-state index in [1.807, 2.05) is 13.8 Å². The lowest BCUT2D eigenvalue weighted by Gasteiger charge is -2.32. The minimum atomic E-state index is -0.497. The lowest BCUT2D eigenvalue weighted by Crippen LogP contribution is -2.41. The highest BCUT2D eigenvalue weighted by Gasteiger charge is 2.25. The predicted octanol–water partition coefficient (Wildman–Crippen LogP) is 3.91. The smallest absolute Gasteiger partial charge is 0.256 e. The number of rotatable bonds is 8. The van der Waals surface area contributed by atoms with Crippen molar-refractivity contribution >= 4 is 11.8 Å². The number of amides is 2. The zero-order valence-electron chi connectivity index (χ0n) is 18.0. The topological polar surface area (TPSA) is 67.9 Å². The number of carbonyl (C=O) groups excluding carboxylic acids is 2. The van der Waals surface area contributed by atoms with E-state index in [2.05, 4.69) is 5.32 Å². The van der Waals surface area contributed by atoms with Crippen molar-refractivity contribution in [1.29, 1.82) is 0 Å². The van der Waals surface area contributed by atoms with Crippen LogP contribution in [0.4, 0.5) is 4.39 Å². The molecule has 1 heterocycles. The summed E-state index contributed by atoms with van der Waals surface area (Å²) >= 11 is 0. The zero-order valence-corrected chi connectivity index (χ0v) is 18.0. The van der Waals surface area contributed by atoms with Crippen LogP contribution in [0.25, 0.3) is 0 Å². The number of halogens is 1. The minimum Gasteiger partial charge on any atom is -0.490 e. The highest BCUT2D eigenvalue weighted by molar-refractivity contribution is 5.95. The molecule has 0 spiro atoms. The van der Waals surface area contributed by atoms with Crippen molar-refractivity contribution in [1.82, 2.24) is 10.2 Å². The Balaban J connectivity index is 1.51. The van der Waals surface area contributed by atoms with Crippen LogP contribution in [0.15, 0.2) is 42.5 Å². The zero-order chi connectivity index (χ0) is 22.2. The molecule has 1 aliphatic heterocycles. The molecule has 0 aliphatic carbocycles. The largest absolute Gasteiger partial charge is 0.490 e. The number of carbonyl (C=O) groups is 2. The van der Waals surface area contributed by atoms with Gasteiger partial charge in [-0.25, -0.2) is 4.39 Å². The summed E-state index contributed by atoms with van der Waals surface area (Å²) in [5.41, 5.74) is 0.619. The fraction of sp³-hybridized carbons (Fsp3) is 0.417. The Kier molecular flexibility index (Phi) is 7.87. The fourth-order valence-electron chi connectivity index (χ4n) is 3.68. The standard InChI is InChI=1S/C24H29FN2O4/c1-3-30-21-10-9-18(15-22(21)31-4-2)23(28)26-16-17-11-13-27(14-12-17)24(29)19-7-5-6-8-20(19)25/h5-10,15,17H,3-4,11-14,16H2,1-2H3,(H,26,28). The normalized spacial score (nSPS) is 14.2. The SMILES string of the molecule is CCOc1ccc(C(=O)NCC2CCN(C(=O)c3ccccc3F)CC2)cc1OCC. The summed E-state index contributed by atoms with van der Waals surface area (Å²) in [5.74, 6) is 0.489. The van der Waals surface area contributed by atoms with Crippen LogP contribution in [-0.4, -0.2) is 49.6 Å². The molecule has 1 fully saturated rings. The summed E-state index contributed by atoms with van der Waals surface area (Å²) in [7, 11) is 0. The van der Waals surface area contributed by atoms with Crippen molar-refractivity contribution in [3.05, 3.63) is 59.4 Å². The quantitative estimate of drug-likeness (QED) is 0.692. The Hall–Kier alpha value is -3.09. The lowest BCUT2D eigenvalue weighted by atomic mass is 9.96. The van der Waals surface area contributed by atoms with Crippen molar-refractivity contribution in [2.24, 2.45) is 5.92 Å². The molecule has 6 nitrogen and oxygen atoms in total. The van der Waals surface area contributed by atoms with Gasteiger partial charge in [0.2, 0.25) is 0 Å². The maximum Gasteiger partial charge on any atom is 0.256 e. The van der Waals surface area contributed by atoms with Gasteiger partial charge < -0.3 is 19.7 Å². The van der Waals surface area contributed by atoms with E-state index in [-0.39, 0.29) is 23.3 Å². The molecule has 1 N–H and O–H groups in total. The predicted molar refractivity (Wildman–Crippen MR) is 116 cm³/mol. The van der Waals surface area contributed by atoms with Crippen molar-refractivity contribution in [2.45, 2.75) is 26.7 Å². The summed E-state index contributed by atoms with van der Waals surface area (Å²) in [6.07, 6.45) is 1.52. The Bertz CT molecular complexity index is 910. The van der Waals surface area contributed by atoms with Crippen LogP contribution in [-0.2, 0) is 0 Å². The van der Waals surface area contributed by atoms with E-state index >= 15 is 0 Å². The summed E-state index contributed by atoms with van der Waals surface area (Å²) in [4.78, 5) is 26.8. The fourth-order valence-corrected chi connectivity index (χ4v) is 3.68. The molecular formula is C24H29FN2O4. The lowest BCUT2D eigenvalue weighted by molar-refractivity contribution is 0.0679. The monoisotopic (exact) mass is 428 g/mol. The first-order chi connectivity index (χ1) is 15.0. The van der Waals surface area contributed by atoms with Crippen molar-refractivity contribution in [2.75, 3.05) is 32.8 Å². The van der Waals surface area contributed by atoms with Crippen LogP contribution in [0, 0.1) is 11.7 Å². The van der Waals surface area contributed by atoms with Gasteiger partial charge in [0.25, 0.3) is 11.8 Å². The minimum absolute atomic E-state index is 0.106. The number of nitrogens with zero attached hydrogens (tertiary/aromatic N) is 1. The van der Waals surface area contributed by atoms with Crippen LogP contribution < -0.4 is 14.8 Å². The molecule has 1 saturated heterocycles. The molecule has 2 aromatic carbocycles. The number of piperidine rings is 1. The van der Waals surface area contributed by atoms with Gasteiger partial charge in [-0.3, -0.25) is 9.59 Å². The van der Waals surface area contributed by atoms with E-state index < -0.39 is 5.82 Å². The van der Waals surface area contributed by atoms with Crippen LogP contribution in [0.1, 0.15) is 47.4 Å². The number of hydrogen-bond donors (Lipinski definition) is 1. The average molecular weight is 429 g/mol. The van der Waals surface area contributed by atoms with E-state index in [0.717, 1.165) is 12.8 Å². The highest BCUT2D eigenvalue weighted by atomic mass is 19.1. The number of likely N-dealkylation sites (tertiary alicyclic amines) is 1. The molecule has 2 amide bonds. The van der Waals surface area contributed by atoms with E-state index in [9.17, 15) is 14.0 Å². The molecule has 0 saturated carbocycles. The Morgan fingerprint density at radius 2 is 1.71 bits per heavy atom. The second-order valence-electron chi connectivity index (χ2n) is 7.45. The first kappa shape index (κ1) is 22.6.